The summed E-state index contributed by atoms with van der Waals surface area (Å²) in [5, 5.41) is 14.7. The Morgan fingerprint density at radius 2 is 1.89 bits per heavy atom. The van der Waals surface area contributed by atoms with Crippen LogP contribution in [0.4, 0.5) is 0 Å². The molecule has 2 N–H and O–H groups in total. The van der Waals surface area contributed by atoms with Crippen molar-refractivity contribution in [1.29, 1.82) is 0 Å². The van der Waals surface area contributed by atoms with E-state index >= 15 is 0 Å². The normalized spacial score (nSPS) is 16.2. The highest BCUT2D eigenvalue weighted by molar-refractivity contribution is 5.96. The number of nitrogens with zero attached hydrogens (tertiary/aromatic N) is 7. The van der Waals surface area contributed by atoms with Gasteiger partial charge in [-0.1, -0.05) is 30.3 Å². The van der Waals surface area contributed by atoms with Gasteiger partial charge in [0.1, 0.15) is 12.4 Å². The molecule has 45 heavy (non-hydrogen) atoms. The standard InChI is InChI=1S/C31H31N9O5/c1-20-29-36-28(21-7-4-3-5-8-21)37-39(29)15-16-45-25-17-22(10-11-24(25)44-2)30(42)32-13-14-38(19-27(41)35-20)31(43)23-18-33-26-9-6-12-34-40(23)26/h3-12,17-18,20H,13-16,19H2,1-2H3,(H,32,42)(H,35,41)/t20-/m1/s1. The molecular formula is C31H31N9O5. The Bertz CT molecular complexity index is 1850. The van der Waals surface area contributed by atoms with Gasteiger partial charge in [-0.15, -0.1) is 0 Å². The quantitative estimate of drug-likeness (QED) is 0.313. The third-order valence-electron chi connectivity index (χ3n) is 7.27. The summed E-state index contributed by atoms with van der Waals surface area (Å²) in [5.41, 5.74) is 1.84. The first-order valence-corrected chi connectivity index (χ1v) is 14.4. The molecular weight excluding hydrogens is 578 g/mol. The number of hydrogen-bond acceptors (Lipinski definition) is 9. The van der Waals surface area contributed by atoms with Gasteiger partial charge < -0.3 is 25.0 Å². The molecule has 4 heterocycles. The van der Waals surface area contributed by atoms with Crippen LogP contribution in [-0.4, -0.2) is 85.3 Å². The molecule has 0 radical (unpaired) electrons. The van der Waals surface area contributed by atoms with Gasteiger partial charge in [-0.05, 0) is 37.3 Å². The Labute approximate surface area is 258 Å². The van der Waals surface area contributed by atoms with Crippen molar-refractivity contribution in [1.82, 2.24) is 44.9 Å². The lowest BCUT2D eigenvalue weighted by atomic mass is 10.2. The molecule has 230 valence electrons. The first-order chi connectivity index (χ1) is 21.9. The van der Waals surface area contributed by atoms with Crippen molar-refractivity contribution in [3.8, 4) is 22.9 Å². The molecule has 14 nitrogen and oxygen atoms in total. The zero-order valence-electron chi connectivity index (χ0n) is 24.7. The molecule has 0 spiro atoms. The summed E-state index contributed by atoms with van der Waals surface area (Å²) in [6.07, 6.45) is 2.96. The van der Waals surface area contributed by atoms with E-state index in [2.05, 4.69) is 20.7 Å². The lowest BCUT2D eigenvalue weighted by Gasteiger charge is -2.23. The summed E-state index contributed by atoms with van der Waals surface area (Å²) < 4.78 is 14.6. The van der Waals surface area contributed by atoms with E-state index in [4.69, 9.17) is 19.6 Å². The van der Waals surface area contributed by atoms with E-state index in [1.54, 1.807) is 48.1 Å². The van der Waals surface area contributed by atoms with Crippen molar-refractivity contribution in [3.05, 3.63) is 90.1 Å². The third kappa shape index (κ3) is 6.30. The van der Waals surface area contributed by atoms with Gasteiger partial charge in [0.25, 0.3) is 11.8 Å². The van der Waals surface area contributed by atoms with E-state index in [-0.39, 0.29) is 37.8 Å². The number of rotatable bonds is 3. The van der Waals surface area contributed by atoms with Gasteiger partial charge >= 0.3 is 0 Å². The summed E-state index contributed by atoms with van der Waals surface area (Å²) in [6, 6.07) is 17.3. The van der Waals surface area contributed by atoms with Gasteiger partial charge in [0.2, 0.25) is 5.91 Å². The van der Waals surface area contributed by atoms with E-state index in [0.29, 0.717) is 40.9 Å². The second kappa shape index (κ2) is 12.8. The second-order valence-electron chi connectivity index (χ2n) is 10.3. The van der Waals surface area contributed by atoms with Crippen LogP contribution in [-0.2, 0) is 11.3 Å². The molecule has 0 fully saturated rings. The van der Waals surface area contributed by atoms with E-state index in [0.717, 1.165) is 5.56 Å². The molecule has 0 aliphatic carbocycles. The fourth-order valence-electron chi connectivity index (χ4n) is 5.04. The number of ether oxygens (including phenoxy) is 2. The molecule has 3 amide bonds. The van der Waals surface area contributed by atoms with Gasteiger partial charge in [0, 0.05) is 30.4 Å². The first kappa shape index (κ1) is 29.3. The van der Waals surface area contributed by atoms with Gasteiger partial charge in [-0.2, -0.15) is 10.2 Å². The van der Waals surface area contributed by atoms with E-state index in [9.17, 15) is 14.4 Å². The highest BCUT2D eigenvalue weighted by Gasteiger charge is 2.25. The number of imidazole rings is 1. The fraction of sp³-hybridized carbons (Fsp3) is 0.258. The Morgan fingerprint density at radius 3 is 2.71 bits per heavy atom. The molecule has 2 aromatic carbocycles. The number of aromatic nitrogens is 6. The van der Waals surface area contributed by atoms with Gasteiger partial charge in [0.15, 0.2) is 28.7 Å². The maximum atomic E-state index is 13.7. The number of fused-ring (bicyclic) bond motifs is 4. The summed E-state index contributed by atoms with van der Waals surface area (Å²) >= 11 is 0. The monoisotopic (exact) mass is 609 g/mol. The number of amides is 3. The minimum absolute atomic E-state index is 0.0420. The third-order valence-corrected chi connectivity index (χ3v) is 7.27. The molecule has 3 aromatic heterocycles. The van der Waals surface area contributed by atoms with Crippen LogP contribution in [0.1, 0.15) is 39.6 Å². The van der Waals surface area contributed by atoms with Crippen molar-refractivity contribution in [2.24, 2.45) is 0 Å². The average Bonchev–Trinajstić information content (AvgIpc) is 3.69. The first-order valence-electron chi connectivity index (χ1n) is 14.4. The van der Waals surface area contributed by atoms with Crippen LogP contribution < -0.4 is 20.1 Å². The molecule has 0 saturated heterocycles. The Balaban J connectivity index is 1.34. The molecule has 1 atom stereocenters. The number of benzene rings is 2. The molecule has 1 aliphatic heterocycles. The van der Waals surface area contributed by atoms with Crippen molar-refractivity contribution in [3.63, 3.8) is 0 Å². The molecule has 0 unspecified atom stereocenters. The van der Waals surface area contributed by atoms with Crippen molar-refractivity contribution in [2.45, 2.75) is 19.5 Å². The van der Waals surface area contributed by atoms with E-state index in [1.165, 1.54) is 22.7 Å². The van der Waals surface area contributed by atoms with Crippen LogP contribution in [0.15, 0.2) is 73.1 Å². The van der Waals surface area contributed by atoms with Crippen LogP contribution in [0.3, 0.4) is 0 Å². The predicted molar refractivity (Wildman–Crippen MR) is 162 cm³/mol. The van der Waals surface area contributed by atoms with Gasteiger partial charge in [0.05, 0.1) is 32.4 Å². The zero-order valence-corrected chi connectivity index (χ0v) is 24.7. The summed E-state index contributed by atoms with van der Waals surface area (Å²) in [5.74, 6) is 0.596. The van der Waals surface area contributed by atoms with Crippen LogP contribution in [0, 0.1) is 0 Å². The number of carbonyl (C=O) groups excluding carboxylic acids is 3. The highest BCUT2D eigenvalue weighted by atomic mass is 16.5. The molecule has 2 bridgehead atoms. The summed E-state index contributed by atoms with van der Waals surface area (Å²) in [4.78, 5) is 50.6. The van der Waals surface area contributed by atoms with Crippen LogP contribution in [0.5, 0.6) is 11.5 Å². The SMILES string of the molecule is COc1ccc2cc1OCCn1nc(-c3ccccc3)nc1[C@@H](C)NC(=O)CN(C(=O)c1cnc3cccnn13)CCNC2=O. The molecule has 1 aliphatic rings. The zero-order chi connectivity index (χ0) is 31.3. The van der Waals surface area contributed by atoms with Crippen LogP contribution >= 0.6 is 0 Å². The fourth-order valence-corrected chi connectivity index (χ4v) is 5.04. The van der Waals surface area contributed by atoms with Gasteiger partial charge in [-0.3, -0.25) is 14.4 Å². The Kier molecular flexibility index (Phi) is 8.35. The largest absolute Gasteiger partial charge is 0.493 e. The maximum Gasteiger partial charge on any atom is 0.274 e. The highest BCUT2D eigenvalue weighted by Crippen LogP contribution is 2.28. The lowest BCUT2D eigenvalue weighted by molar-refractivity contribution is -0.122. The van der Waals surface area contributed by atoms with Crippen LogP contribution in [0.25, 0.3) is 17.0 Å². The van der Waals surface area contributed by atoms with E-state index < -0.39 is 17.9 Å². The lowest BCUT2D eigenvalue weighted by Crippen LogP contribution is -2.45. The predicted octanol–water partition coefficient (Wildman–Crippen LogP) is 2.14. The molecule has 14 heteroatoms. The molecule has 0 saturated carbocycles. The smallest absolute Gasteiger partial charge is 0.274 e. The maximum absolute atomic E-state index is 13.7. The van der Waals surface area contributed by atoms with Gasteiger partial charge in [-0.25, -0.2) is 19.2 Å². The van der Waals surface area contributed by atoms with Crippen LogP contribution in [0.2, 0.25) is 0 Å². The molecule has 6 rings (SSSR count). The number of carbonyl (C=O) groups is 3. The van der Waals surface area contributed by atoms with E-state index in [1.807, 2.05) is 30.3 Å². The number of methoxy groups -OCH3 is 1. The van der Waals surface area contributed by atoms with Crippen molar-refractivity contribution < 1.29 is 23.9 Å². The Hall–Kier alpha value is -5.79. The minimum Gasteiger partial charge on any atom is -0.493 e. The number of hydrogen-bond donors (Lipinski definition) is 2. The molecule has 5 aromatic rings. The second-order valence-corrected chi connectivity index (χ2v) is 10.3. The average molecular weight is 610 g/mol. The van der Waals surface area contributed by atoms with Crippen molar-refractivity contribution >= 4 is 23.4 Å². The van der Waals surface area contributed by atoms with Crippen molar-refractivity contribution in [2.75, 3.05) is 33.4 Å². The summed E-state index contributed by atoms with van der Waals surface area (Å²) in [7, 11) is 1.52. The number of nitrogens with one attached hydrogen (secondary N) is 2. The summed E-state index contributed by atoms with van der Waals surface area (Å²) in [6.45, 7) is 2.11. The minimum atomic E-state index is -0.565. The topological polar surface area (TPSA) is 158 Å². The Morgan fingerprint density at radius 1 is 1.04 bits per heavy atom.